The van der Waals surface area contributed by atoms with Crippen molar-refractivity contribution in [2.75, 3.05) is 39.5 Å². The van der Waals surface area contributed by atoms with Crippen LogP contribution in [0.3, 0.4) is 0 Å². The summed E-state index contributed by atoms with van der Waals surface area (Å²) >= 11 is 5.93. The SMILES string of the molecule is O=C(COC(=O)c1ccc([N+](=O)[O-])cc1Cl)NCC1(N2CCOCC2)CCCCC1. The molecule has 164 valence electrons. The number of rotatable bonds is 7. The quantitative estimate of drug-likeness (QED) is 0.394. The van der Waals surface area contributed by atoms with Crippen LogP contribution in [-0.4, -0.2) is 66.7 Å². The molecule has 10 heteroatoms. The number of hydrogen-bond acceptors (Lipinski definition) is 7. The van der Waals surface area contributed by atoms with E-state index in [1.165, 1.54) is 12.5 Å². The number of benzene rings is 1. The summed E-state index contributed by atoms with van der Waals surface area (Å²) in [6.07, 6.45) is 5.49. The summed E-state index contributed by atoms with van der Waals surface area (Å²) in [5.41, 5.74) is -0.328. The van der Waals surface area contributed by atoms with Gasteiger partial charge in [-0.2, -0.15) is 0 Å². The third-order valence-electron chi connectivity index (χ3n) is 5.80. The number of non-ortho nitro benzene ring substituents is 1. The van der Waals surface area contributed by atoms with Crippen LogP contribution in [0, 0.1) is 10.1 Å². The van der Waals surface area contributed by atoms with Crippen LogP contribution in [0.25, 0.3) is 0 Å². The molecule has 1 aromatic rings. The van der Waals surface area contributed by atoms with Crippen molar-refractivity contribution in [3.05, 3.63) is 38.9 Å². The number of nitro groups is 1. The van der Waals surface area contributed by atoms with E-state index in [-0.39, 0.29) is 27.7 Å². The van der Waals surface area contributed by atoms with Crippen molar-refractivity contribution in [1.82, 2.24) is 10.2 Å². The van der Waals surface area contributed by atoms with E-state index in [4.69, 9.17) is 21.1 Å². The van der Waals surface area contributed by atoms with Crippen LogP contribution in [0.2, 0.25) is 5.02 Å². The second-order valence-corrected chi connectivity index (χ2v) is 8.07. The Labute approximate surface area is 179 Å². The Morgan fingerprint density at radius 2 is 1.93 bits per heavy atom. The normalized spacial score (nSPS) is 19.1. The first-order valence-corrected chi connectivity index (χ1v) is 10.5. The molecule has 1 N–H and O–H groups in total. The number of nitrogens with zero attached hydrogens (tertiary/aromatic N) is 2. The number of nitro benzene ring substituents is 1. The highest BCUT2D eigenvalue weighted by atomic mass is 35.5. The highest BCUT2D eigenvalue weighted by Gasteiger charge is 2.38. The van der Waals surface area contributed by atoms with Crippen LogP contribution in [-0.2, 0) is 14.3 Å². The molecule has 1 heterocycles. The second kappa shape index (κ2) is 10.2. The molecule has 1 aliphatic carbocycles. The minimum Gasteiger partial charge on any atom is -0.452 e. The van der Waals surface area contributed by atoms with Gasteiger partial charge in [0.15, 0.2) is 6.61 Å². The average Bonchev–Trinajstić information content (AvgIpc) is 2.77. The minimum atomic E-state index is -0.800. The number of carbonyl (C=O) groups excluding carboxylic acids is 2. The van der Waals surface area contributed by atoms with E-state index >= 15 is 0 Å². The van der Waals surface area contributed by atoms with Crippen LogP contribution < -0.4 is 5.32 Å². The maximum absolute atomic E-state index is 12.3. The highest BCUT2D eigenvalue weighted by Crippen LogP contribution is 2.33. The van der Waals surface area contributed by atoms with Crippen LogP contribution in [0.4, 0.5) is 5.69 Å². The summed E-state index contributed by atoms with van der Waals surface area (Å²) in [4.78, 5) is 37.1. The van der Waals surface area contributed by atoms with Gasteiger partial charge in [-0.15, -0.1) is 0 Å². The van der Waals surface area contributed by atoms with Gasteiger partial charge < -0.3 is 14.8 Å². The highest BCUT2D eigenvalue weighted by molar-refractivity contribution is 6.33. The average molecular weight is 440 g/mol. The number of amides is 1. The molecule has 0 atom stereocenters. The molecule has 0 aromatic heterocycles. The minimum absolute atomic E-state index is 0.0212. The van der Waals surface area contributed by atoms with Gasteiger partial charge in [0, 0.05) is 37.3 Å². The third kappa shape index (κ3) is 5.47. The molecule has 1 aromatic carbocycles. The lowest BCUT2D eigenvalue weighted by Gasteiger charge is -2.48. The molecule has 1 saturated heterocycles. The summed E-state index contributed by atoms with van der Waals surface area (Å²) in [6, 6.07) is 3.46. The van der Waals surface area contributed by atoms with Crippen LogP contribution in [0.15, 0.2) is 18.2 Å². The summed E-state index contributed by atoms with van der Waals surface area (Å²) in [5.74, 6) is -1.19. The molecule has 1 amide bonds. The van der Waals surface area contributed by atoms with E-state index in [9.17, 15) is 19.7 Å². The number of carbonyl (C=O) groups is 2. The second-order valence-electron chi connectivity index (χ2n) is 7.66. The monoisotopic (exact) mass is 439 g/mol. The fourth-order valence-electron chi connectivity index (χ4n) is 4.16. The topological polar surface area (TPSA) is 111 Å². The van der Waals surface area contributed by atoms with E-state index in [1.54, 1.807) is 0 Å². The zero-order valence-corrected chi connectivity index (χ0v) is 17.5. The van der Waals surface area contributed by atoms with E-state index in [1.807, 2.05) is 0 Å². The van der Waals surface area contributed by atoms with Crippen LogP contribution in [0.1, 0.15) is 42.5 Å². The number of hydrogen-bond donors (Lipinski definition) is 1. The van der Waals surface area contributed by atoms with Gasteiger partial charge >= 0.3 is 5.97 Å². The number of nitrogens with one attached hydrogen (secondary N) is 1. The van der Waals surface area contributed by atoms with Gasteiger partial charge in [-0.3, -0.25) is 19.8 Å². The number of ether oxygens (including phenoxy) is 2. The van der Waals surface area contributed by atoms with E-state index in [0.29, 0.717) is 19.8 Å². The summed E-state index contributed by atoms with van der Waals surface area (Å²) < 4.78 is 10.5. The van der Waals surface area contributed by atoms with Gasteiger partial charge in [-0.1, -0.05) is 30.9 Å². The smallest absolute Gasteiger partial charge is 0.340 e. The van der Waals surface area contributed by atoms with Crippen molar-refractivity contribution in [3.63, 3.8) is 0 Å². The molecule has 0 bridgehead atoms. The van der Waals surface area contributed by atoms with Crippen molar-refractivity contribution >= 4 is 29.2 Å². The fourth-order valence-corrected chi connectivity index (χ4v) is 4.41. The van der Waals surface area contributed by atoms with E-state index in [0.717, 1.165) is 50.9 Å². The van der Waals surface area contributed by atoms with Crippen molar-refractivity contribution < 1.29 is 24.0 Å². The zero-order valence-electron chi connectivity index (χ0n) is 16.7. The fraction of sp³-hybridized carbons (Fsp3) is 0.600. The first kappa shape index (κ1) is 22.5. The Balaban J connectivity index is 1.53. The molecule has 0 spiro atoms. The van der Waals surface area contributed by atoms with Gasteiger partial charge in [0.1, 0.15) is 0 Å². The molecule has 0 unspecified atom stereocenters. The van der Waals surface area contributed by atoms with Crippen LogP contribution >= 0.6 is 11.6 Å². The standard InChI is InChI=1S/C20H26ClN3O6/c21-17-12-15(24(27)28)4-5-16(17)19(26)30-13-18(25)22-14-20(6-2-1-3-7-20)23-8-10-29-11-9-23/h4-5,12H,1-3,6-11,13-14H2,(H,22,25). The summed E-state index contributed by atoms with van der Waals surface area (Å²) in [5, 5.41) is 13.6. The lowest BCUT2D eigenvalue weighted by Crippen LogP contribution is -2.59. The number of halogens is 1. The Kier molecular flexibility index (Phi) is 7.63. The van der Waals surface area contributed by atoms with Gasteiger partial charge in [0.2, 0.25) is 0 Å². The molecule has 1 saturated carbocycles. The van der Waals surface area contributed by atoms with E-state index < -0.39 is 17.5 Å². The molecular formula is C20H26ClN3O6. The maximum atomic E-state index is 12.3. The molecule has 2 fully saturated rings. The van der Waals surface area contributed by atoms with Crippen LogP contribution in [0.5, 0.6) is 0 Å². The lowest BCUT2D eigenvalue weighted by molar-refractivity contribution is -0.384. The first-order valence-electron chi connectivity index (χ1n) is 10.1. The van der Waals surface area contributed by atoms with Gasteiger partial charge in [-0.25, -0.2) is 4.79 Å². The summed E-state index contributed by atoms with van der Waals surface area (Å²) in [6.45, 7) is 3.16. The van der Waals surface area contributed by atoms with Gasteiger partial charge in [0.25, 0.3) is 11.6 Å². The molecule has 0 radical (unpaired) electrons. The van der Waals surface area contributed by atoms with E-state index in [2.05, 4.69) is 10.2 Å². The zero-order chi connectivity index (χ0) is 21.6. The molecule has 30 heavy (non-hydrogen) atoms. The lowest BCUT2D eigenvalue weighted by atomic mass is 9.79. The Bertz CT molecular complexity index is 791. The molecule has 3 rings (SSSR count). The molecular weight excluding hydrogens is 414 g/mol. The van der Waals surface area contributed by atoms with Crippen molar-refractivity contribution in [3.8, 4) is 0 Å². The van der Waals surface area contributed by atoms with Gasteiger partial charge in [0.05, 0.1) is 28.7 Å². The molecule has 1 aliphatic heterocycles. The summed E-state index contributed by atoms with van der Waals surface area (Å²) in [7, 11) is 0. The number of morpholine rings is 1. The van der Waals surface area contributed by atoms with Gasteiger partial charge in [-0.05, 0) is 18.9 Å². The van der Waals surface area contributed by atoms with Crippen molar-refractivity contribution in [1.29, 1.82) is 0 Å². The first-order chi connectivity index (χ1) is 14.4. The predicted molar refractivity (Wildman–Crippen MR) is 110 cm³/mol. The third-order valence-corrected chi connectivity index (χ3v) is 6.11. The Morgan fingerprint density at radius 3 is 2.57 bits per heavy atom. The van der Waals surface area contributed by atoms with Crippen molar-refractivity contribution in [2.24, 2.45) is 0 Å². The predicted octanol–water partition coefficient (Wildman–Crippen LogP) is 2.56. The molecule has 9 nitrogen and oxygen atoms in total. The Morgan fingerprint density at radius 1 is 1.23 bits per heavy atom. The number of esters is 1. The largest absolute Gasteiger partial charge is 0.452 e. The molecule has 2 aliphatic rings. The maximum Gasteiger partial charge on any atom is 0.340 e. The van der Waals surface area contributed by atoms with Crippen molar-refractivity contribution in [2.45, 2.75) is 37.6 Å². The Hall–Kier alpha value is -2.23.